The van der Waals surface area contributed by atoms with Crippen molar-refractivity contribution in [2.24, 2.45) is 20.0 Å². The van der Waals surface area contributed by atoms with Crippen molar-refractivity contribution in [3.63, 3.8) is 0 Å². The zero-order valence-electron chi connectivity index (χ0n) is 15.9. The van der Waals surface area contributed by atoms with Crippen LogP contribution in [0.1, 0.15) is 30.4 Å². The highest BCUT2D eigenvalue weighted by atomic mass is 15.3. The lowest BCUT2D eigenvalue weighted by atomic mass is 9.87. The Morgan fingerprint density at radius 1 is 1.15 bits per heavy atom. The molecule has 1 aliphatic rings. The predicted molar refractivity (Wildman–Crippen MR) is 104 cm³/mol. The average molecular weight is 352 g/mol. The van der Waals surface area contributed by atoms with Crippen molar-refractivity contribution in [2.45, 2.75) is 25.4 Å². The largest absolute Gasteiger partial charge is 0.330 e. The third-order valence-electron chi connectivity index (χ3n) is 5.74. The number of hydrogen-bond donors (Lipinski definition) is 1. The second-order valence-electron chi connectivity index (χ2n) is 7.41. The van der Waals surface area contributed by atoms with Gasteiger partial charge in [0.2, 0.25) is 0 Å². The summed E-state index contributed by atoms with van der Waals surface area (Å²) in [6, 6.07) is 10.9. The van der Waals surface area contributed by atoms with E-state index in [1.54, 1.807) is 0 Å². The monoisotopic (exact) mass is 352 g/mol. The molecule has 1 N–H and O–H groups in total. The molecule has 6 nitrogen and oxygen atoms in total. The lowest BCUT2D eigenvalue weighted by molar-refractivity contribution is 0.112. The summed E-state index contributed by atoms with van der Waals surface area (Å²) in [5.41, 5.74) is 3.56. The Balaban J connectivity index is 1.45. The SMILES string of the molecule is CN1CCC[C@@H](CNCc2nc3ccccc3n2C)[C@@H]1c1ccnn1C. The number of aryl methyl sites for hydroxylation is 2. The maximum atomic E-state index is 4.77. The Labute approximate surface area is 154 Å². The number of nitrogens with zero attached hydrogens (tertiary/aromatic N) is 5. The zero-order valence-corrected chi connectivity index (χ0v) is 15.9. The van der Waals surface area contributed by atoms with Crippen LogP contribution in [0.25, 0.3) is 11.0 Å². The van der Waals surface area contributed by atoms with Crippen molar-refractivity contribution >= 4 is 11.0 Å². The van der Waals surface area contributed by atoms with Crippen LogP contribution in [0, 0.1) is 5.92 Å². The van der Waals surface area contributed by atoms with Crippen LogP contribution in [0.2, 0.25) is 0 Å². The van der Waals surface area contributed by atoms with Crippen molar-refractivity contribution in [2.75, 3.05) is 20.1 Å². The molecule has 1 saturated heterocycles. The van der Waals surface area contributed by atoms with Crippen LogP contribution in [-0.4, -0.2) is 44.4 Å². The first-order chi connectivity index (χ1) is 12.6. The molecule has 26 heavy (non-hydrogen) atoms. The maximum Gasteiger partial charge on any atom is 0.123 e. The van der Waals surface area contributed by atoms with Crippen molar-refractivity contribution in [1.29, 1.82) is 0 Å². The van der Waals surface area contributed by atoms with Gasteiger partial charge in [-0.1, -0.05) is 12.1 Å². The van der Waals surface area contributed by atoms with Gasteiger partial charge in [0.1, 0.15) is 5.82 Å². The highest BCUT2D eigenvalue weighted by Gasteiger charge is 2.32. The minimum atomic E-state index is 0.421. The molecule has 4 rings (SSSR count). The second kappa shape index (κ2) is 7.21. The Kier molecular flexibility index (Phi) is 4.78. The van der Waals surface area contributed by atoms with Crippen LogP contribution >= 0.6 is 0 Å². The van der Waals surface area contributed by atoms with Gasteiger partial charge >= 0.3 is 0 Å². The van der Waals surface area contributed by atoms with Gasteiger partial charge in [0, 0.05) is 26.8 Å². The molecule has 0 bridgehead atoms. The number of hydrogen-bond acceptors (Lipinski definition) is 4. The van der Waals surface area contributed by atoms with E-state index in [1.165, 1.54) is 24.1 Å². The fraction of sp³-hybridized carbons (Fsp3) is 0.500. The summed E-state index contributed by atoms with van der Waals surface area (Å²) >= 11 is 0. The Morgan fingerprint density at radius 2 is 2.00 bits per heavy atom. The van der Waals surface area contributed by atoms with E-state index >= 15 is 0 Å². The fourth-order valence-electron chi connectivity index (χ4n) is 4.34. The van der Waals surface area contributed by atoms with Crippen LogP contribution in [0.4, 0.5) is 0 Å². The molecule has 0 unspecified atom stereocenters. The van der Waals surface area contributed by atoms with Gasteiger partial charge in [0.25, 0.3) is 0 Å². The minimum Gasteiger partial charge on any atom is -0.330 e. The van der Waals surface area contributed by atoms with Crippen LogP contribution in [0.5, 0.6) is 0 Å². The Hall–Kier alpha value is -2.18. The number of fused-ring (bicyclic) bond motifs is 1. The predicted octanol–water partition coefficient (Wildman–Crippen LogP) is 2.48. The summed E-state index contributed by atoms with van der Waals surface area (Å²) in [5, 5.41) is 8.05. The average Bonchev–Trinajstić information content (AvgIpc) is 3.19. The first-order valence-electron chi connectivity index (χ1n) is 9.44. The van der Waals surface area contributed by atoms with E-state index in [1.807, 2.05) is 24.0 Å². The van der Waals surface area contributed by atoms with Crippen LogP contribution in [-0.2, 0) is 20.6 Å². The highest BCUT2D eigenvalue weighted by molar-refractivity contribution is 5.75. The Bertz CT molecular complexity index is 879. The van der Waals surface area contributed by atoms with E-state index in [4.69, 9.17) is 4.98 Å². The van der Waals surface area contributed by atoms with Crippen LogP contribution < -0.4 is 5.32 Å². The molecule has 0 radical (unpaired) electrons. The van der Waals surface area contributed by atoms with Gasteiger partial charge in [0.05, 0.1) is 29.3 Å². The summed E-state index contributed by atoms with van der Waals surface area (Å²) in [4.78, 5) is 7.24. The van der Waals surface area contributed by atoms with Crippen molar-refractivity contribution in [3.05, 3.63) is 48.0 Å². The number of imidazole rings is 1. The zero-order chi connectivity index (χ0) is 18.1. The standard InChI is InChI=1S/C20H28N6/c1-24-12-6-7-15(20(24)18-10-11-22-26(18)3)13-21-14-19-23-16-8-4-5-9-17(16)25(19)2/h4-5,8-11,15,20-21H,6-7,12-14H2,1-3H3/t15-,20+/m0/s1. The van der Waals surface area contributed by atoms with Crippen LogP contribution in [0.15, 0.2) is 36.5 Å². The molecule has 2 aromatic heterocycles. The quantitative estimate of drug-likeness (QED) is 0.766. The number of para-hydroxylation sites is 2. The molecular formula is C20H28N6. The van der Waals surface area contributed by atoms with E-state index < -0.39 is 0 Å². The normalized spacial score (nSPS) is 21.5. The fourth-order valence-corrected chi connectivity index (χ4v) is 4.34. The number of benzene rings is 1. The van der Waals surface area contributed by atoms with E-state index in [0.29, 0.717) is 12.0 Å². The third kappa shape index (κ3) is 3.15. The summed E-state index contributed by atoms with van der Waals surface area (Å²) in [6.07, 6.45) is 4.40. The van der Waals surface area contributed by atoms with Crippen molar-refractivity contribution < 1.29 is 0 Å². The molecule has 1 fully saturated rings. The van der Waals surface area contributed by atoms with Crippen LogP contribution in [0.3, 0.4) is 0 Å². The molecule has 3 aromatic rings. The number of aromatic nitrogens is 4. The lowest BCUT2D eigenvalue weighted by Gasteiger charge is -2.39. The molecule has 0 aliphatic carbocycles. The van der Waals surface area contributed by atoms with E-state index in [9.17, 15) is 0 Å². The number of nitrogens with one attached hydrogen (secondary N) is 1. The van der Waals surface area contributed by atoms with Gasteiger partial charge in [-0.25, -0.2) is 4.98 Å². The number of likely N-dealkylation sites (tertiary alicyclic amines) is 1. The molecule has 1 aromatic carbocycles. The second-order valence-corrected chi connectivity index (χ2v) is 7.41. The van der Waals surface area contributed by atoms with Gasteiger partial charge in [-0.15, -0.1) is 0 Å². The smallest absolute Gasteiger partial charge is 0.123 e. The molecule has 0 amide bonds. The van der Waals surface area contributed by atoms with Gasteiger partial charge < -0.3 is 9.88 Å². The molecule has 0 saturated carbocycles. The van der Waals surface area contributed by atoms with E-state index in [-0.39, 0.29) is 0 Å². The topological polar surface area (TPSA) is 50.9 Å². The van der Waals surface area contributed by atoms with Gasteiger partial charge in [-0.2, -0.15) is 5.10 Å². The van der Waals surface area contributed by atoms with Gasteiger partial charge in [0.15, 0.2) is 0 Å². The molecule has 138 valence electrons. The minimum absolute atomic E-state index is 0.421. The Morgan fingerprint density at radius 3 is 2.77 bits per heavy atom. The first kappa shape index (κ1) is 17.2. The molecule has 0 spiro atoms. The molecule has 6 heteroatoms. The van der Waals surface area contributed by atoms with E-state index in [0.717, 1.165) is 31.0 Å². The van der Waals surface area contributed by atoms with E-state index in [2.05, 4.69) is 58.2 Å². The lowest BCUT2D eigenvalue weighted by Crippen LogP contribution is -2.41. The molecular weight excluding hydrogens is 324 g/mol. The first-order valence-corrected chi connectivity index (χ1v) is 9.44. The van der Waals surface area contributed by atoms with Crippen molar-refractivity contribution in [1.82, 2.24) is 29.5 Å². The van der Waals surface area contributed by atoms with Gasteiger partial charge in [-0.3, -0.25) is 9.58 Å². The molecule has 1 aliphatic heterocycles. The maximum absolute atomic E-state index is 4.77. The summed E-state index contributed by atoms with van der Waals surface area (Å²) in [5.74, 6) is 1.67. The summed E-state index contributed by atoms with van der Waals surface area (Å²) < 4.78 is 4.21. The van der Waals surface area contributed by atoms with Crippen molar-refractivity contribution in [3.8, 4) is 0 Å². The van der Waals surface area contributed by atoms with Gasteiger partial charge in [-0.05, 0) is 50.6 Å². The number of rotatable bonds is 5. The summed E-state index contributed by atoms with van der Waals surface area (Å²) in [7, 11) is 6.37. The number of piperidine rings is 1. The molecule has 2 atom stereocenters. The summed E-state index contributed by atoms with van der Waals surface area (Å²) in [6.45, 7) is 2.93. The third-order valence-corrected chi connectivity index (χ3v) is 5.74. The highest BCUT2D eigenvalue weighted by Crippen LogP contribution is 2.34. The molecule has 3 heterocycles.